The van der Waals surface area contributed by atoms with Crippen molar-refractivity contribution in [1.82, 2.24) is 4.98 Å². The fourth-order valence-electron chi connectivity index (χ4n) is 3.04. The van der Waals surface area contributed by atoms with Crippen LogP contribution in [0.1, 0.15) is 21.5 Å². The molecule has 1 aliphatic carbocycles. The highest BCUT2D eigenvalue weighted by atomic mass is 16.4. The summed E-state index contributed by atoms with van der Waals surface area (Å²) in [7, 11) is 0. The van der Waals surface area contributed by atoms with Crippen molar-refractivity contribution < 1.29 is 14.3 Å². The predicted molar refractivity (Wildman–Crippen MR) is 76.6 cm³/mol. The third kappa shape index (κ3) is 1.57. The maximum Gasteiger partial charge on any atom is 0.339 e. The molecule has 3 aromatic rings. The number of carboxylic acid groups (broad SMARTS) is 1. The molecule has 0 saturated heterocycles. The van der Waals surface area contributed by atoms with E-state index < -0.39 is 11.5 Å². The van der Waals surface area contributed by atoms with Crippen LogP contribution >= 0.6 is 0 Å². The van der Waals surface area contributed by atoms with Crippen LogP contribution in [0.15, 0.2) is 39.7 Å². The van der Waals surface area contributed by atoms with Gasteiger partial charge in [-0.3, -0.25) is 4.79 Å². The van der Waals surface area contributed by atoms with E-state index in [1.54, 1.807) is 0 Å². The van der Waals surface area contributed by atoms with Crippen LogP contribution in [-0.4, -0.2) is 16.1 Å². The van der Waals surface area contributed by atoms with E-state index in [0.29, 0.717) is 12.0 Å². The number of aromatic amines is 1. The van der Waals surface area contributed by atoms with Crippen LogP contribution in [0, 0.1) is 0 Å². The molecule has 1 aliphatic rings. The number of furan rings is 1. The van der Waals surface area contributed by atoms with E-state index in [9.17, 15) is 9.59 Å². The molecule has 0 fully saturated rings. The molecule has 104 valence electrons. The minimum atomic E-state index is -1.16. The van der Waals surface area contributed by atoms with E-state index in [0.717, 1.165) is 29.5 Å². The number of benzene rings is 1. The van der Waals surface area contributed by atoms with Crippen molar-refractivity contribution in [1.29, 1.82) is 0 Å². The number of hydrogen-bond donors (Lipinski definition) is 2. The number of hydrogen-bond acceptors (Lipinski definition) is 3. The number of aromatic carboxylic acids is 1. The first-order valence-corrected chi connectivity index (χ1v) is 6.64. The predicted octanol–water partition coefficient (Wildman–Crippen LogP) is 2.58. The second-order valence-corrected chi connectivity index (χ2v) is 5.12. The van der Waals surface area contributed by atoms with Gasteiger partial charge in [0.05, 0.1) is 5.69 Å². The van der Waals surface area contributed by atoms with Crippen LogP contribution in [0.25, 0.3) is 22.2 Å². The second kappa shape index (κ2) is 4.09. The summed E-state index contributed by atoms with van der Waals surface area (Å²) in [5.41, 5.74) is 3.63. The molecule has 0 atom stereocenters. The van der Waals surface area contributed by atoms with Crippen molar-refractivity contribution in [3.05, 3.63) is 57.6 Å². The average Bonchev–Trinajstić information content (AvgIpc) is 2.93. The molecule has 0 saturated carbocycles. The Labute approximate surface area is 118 Å². The van der Waals surface area contributed by atoms with E-state index in [-0.39, 0.29) is 10.9 Å². The van der Waals surface area contributed by atoms with Crippen molar-refractivity contribution in [2.24, 2.45) is 0 Å². The molecular weight excluding hydrogens is 270 g/mol. The van der Waals surface area contributed by atoms with Gasteiger partial charge < -0.3 is 14.5 Å². The molecule has 1 aromatic carbocycles. The Kier molecular flexibility index (Phi) is 2.33. The summed E-state index contributed by atoms with van der Waals surface area (Å²) in [5, 5.41) is 9.27. The molecule has 5 heteroatoms. The van der Waals surface area contributed by atoms with Crippen molar-refractivity contribution >= 4 is 16.9 Å². The summed E-state index contributed by atoms with van der Waals surface area (Å²) < 4.78 is 5.40. The highest BCUT2D eigenvalue weighted by Crippen LogP contribution is 2.35. The summed E-state index contributed by atoms with van der Waals surface area (Å²) in [6.07, 6.45) is 2.70. The first-order valence-electron chi connectivity index (χ1n) is 6.64. The number of rotatable bonds is 1. The quantitative estimate of drug-likeness (QED) is 0.718. The molecule has 2 N–H and O–H groups in total. The molecule has 2 heterocycles. The molecule has 4 rings (SSSR count). The first-order chi connectivity index (χ1) is 10.2. The van der Waals surface area contributed by atoms with Gasteiger partial charge in [0.25, 0.3) is 5.56 Å². The van der Waals surface area contributed by atoms with Gasteiger partial charge in [-0.15, -0.1) is 0 Å². The fraction of sp³-hybridized carbons (Fsp3) is 0.125. The summed E-state index contributed by atoms with van der Waals surface area (Å²) >= 11 is 0. The Hall–Kier alpha value is -2.82. The largest absolute Gasteiger partial charge is 0.478 e. The monoisotopic (exact) mass is 281 g/mol. The Bertz CT molecular complexity index is 949. The third-order valence-electron chi connectivity index (χ3n) is 3.99. The number of fused-ring (bicyclic) bond motifs is 5. The molecule has 0 spiro atoms. The molecule has 21 heavy (non-hydrogen) atoms. The highest BCUT2D eigenvalue weighted by molar-refractivity contribution is 6.03. The van der Waals surface area contributed by atoms with Crippen molar-refractivity contribution in [2.45, 2.75) is 12.8 Å². The van der Waals surface area contributed by atoms with Gasteiger partial charge in [-0.1, -0.05) is 24.3 Å². The number of aromatic nitrogens is 1. The van der Waals surface area contributed by atoms with Gasteiger partial charge in [-0.25, -0.2) is 4.79 Å². The minimum Gasteiger partial charge on any atom is -0.478 e. The van der Waals surface area contributed by atoms with E-state index in [2.05, 4.69) is 4.98 Å². The molecular formula is C16H11NO4. The lowest BCUT2D eigenvalue weighted by molar-refractivity contribution is 0.0698. The van der Waals surface area contributed by atoms with E-state index in [1.807, 2.05) is 24.3 Å². The molecule has 0 radical (unpaired) electrons. The maximum absolute atomic E-state index is 12.3. The van der Waals surface area contributed by atoms with Gasteiger partial charge in [0.2, 0.25) is 0 Å². The lowest BCUT2D eigenvalue weighted by atomic mass is 9.88. The molecule has 0 aliphatic heterocycles. The molecule has 0 bridgehead atoms. The first kappa shape index (κ1) is 12.0. The number of carboxylic acids is 1. The lowest BCUT2D eigenvalue weighted by Crippen LogP contribution is -2.15. The van der Waals surface area contributed by atoms with Crippen LogP contribution in [0.3, 0.4) is 0 Å². The van der Waals surface area contributed by atoms with Crippen LogP contribution in [0.2, 0.25) is 0 Å². The van der Waals surface area contributed by atoms with Crippen LogP contribution in [-0.2, 0) is 12.8 Å². The van der Waals surface area contributed by atoms with E-state index in [1.165, 1.54) is 5.56 Å². The number of pyridine rings is 1. The Morgan fingerprint density at radius 2 is 2.05 bits per heavy atom. The Morgan fingerprint density at radius 1 is 1.24 bits per heavy atom. The summed E-state index contributed by atoms with van der Waals surface area (Å²) in [6, 6.07) is 7.87. The van der Waals surface area contributed by atoms with Crippen LogP contribution < -0.4 is 5.56 Å². The maximum atomic E-state index is 12.3. The van der Waals surface area contributed by atoms with Crippen molar-refractivity contribution in [2.75, 3.05) is 0 Å². The van der Waals surface area contributed by atoms with Gasteiger partial charge in [0.1, 0.15) is 22.8 Å². The lowest BCUT2D eigenvalue weighted by Gasteiger charge is -2.19. The van der Waals surface area contributed by atoms with Crippen LogP contribution in [0.5, 0.6) is 0 Å². The normalized spacial score (nSPS) is 13.0. The summed E-state index contributed by atoms with van der Waals surface area (Å²) in [6.45, 7) is 0. The topological polar surface area (TPSA) is 83.3 Å². The molecule has 5 nitrogen and oxygen atoms in total. The van der Waals surface area contributed by atoms with E-state index >= 15 is 0 Å². The smallest absolute Gasteiger partial charge is 0.339 e. The van der Waals surface area contributed by atoms with Gasteiger partial charge in [0, 0.05) is 11.1 Å². The fourth-order valence-corrected chi connectivity index (χ4v) is 3.04. The SMILES string of the molecule is O=C(O)c1coc2c3c([nH]c(=O)c12)-c1ccccc1CC3. The summed E-state index contributed by atoms with van der Waals surface area (Å²) in [5.74, 6) is -1.16. The molecule has 0 amide bonds. The molecule has 0 unspecified atom stereocenters. The van der Waals surface area contributed by atoms with Gasteiger partial charge in [-0.2, -0.15) is 0 Å². The van der Waals surface area contributed by atoms with E-state index in [4.69, 9.17) is 9.52 Å². The van der Waals surface area contributed by atoms with Crippen LogP contribution in [0.4, 0.5) is 0 Å². The Morgan fingerprint density at radius 3 is 2.86 bits per heavy atom. The zero-order chi connectivity index (χ0) is 14.6. The zero-order valence-electron chi connectivity index (χ0n) is 11.0. The zero-order valence-corrected chi connectivity index (χ0v) is 11.0. The standard InChI is InChI=1S/C16H11NO4/c18-15-12-11(16(19)20)7-21-14(12)10-6-5-8-3-1-2-4-9(8)13(10)17-15/h1-4,7H,5-6H2,(H,17,18)(H,19,20). The van der Waals surface area contributed by atoms with Crippen molar-refractivity contribution in [3.8, 4) is 11.3 Å². The Balaban J connectivity index is 2.12. The highest BCUT2D eigenvalue weighted by Gasteiger charge is 2.25. The third-order valence-corrected chi connectivity index (χ3v) is 3.99. The number of carbonyl (C=O) groups is 1. The van der Waals surface area contributed by atoms with Gasteiger partial charge >= 0.3 is 5.97 Å². The number of H-pyrrole nitrogens is 1. The summed E-state index contributed by atoms with van der Waals surface area (Å²) in [4.78, 5) is 26.3. The number of nitrogens with one attached hydrogen (secondary N) is 1. The second-order valence-electron chi connectivity index (χ2n) is 5.12. The number of aryl methyl sites for hydroxylation is 2. The van der Waals surface area contributed by atoms with Crippen molar-refractivity contribution in [3.63, 3.8) is 0 Å². The molecule has 2 aromatic heterocycles. The van der Waals surface area contributed by atoms with Gasteiger partial charge in [0.15, 0.2) is 0 Å². The average molecular weight is 281 g/mol. The minimum absolute atomic E-state index is 0.0899. The van der Waals surface area contributed by atoms with Gasteiger partial charge in [-0.05, 0) is 18.4 Å².